The number of carbonyl (C=O) groups is 2. The van der Waals surface area contributed by atoms with E-state index in [9.17, 15) is 18.0 Å². The Morgan fingerprint density at radius 3 is 2.30 bits per heavy atom. The van der Waals surface area contributed by atoms with Gasteiger partial charge in [-0.2, -0.15) is 4.31 Å². The summed E-state index contributed by atoms with van der Waals surface area (Å²) >= 11 is 6.28. The molecule has 0 aromatic heterocycles. The van der Waals surface area contributed by atoms with Gasteiger partial charge in [0.1, 0.15) is 4.90 Å². The van der Waals surface area contributed by atoms with Crippen molar-refractivity contribution in [3.8, 4) is 0 Å². The number of carbonyl (C=O) groups excluding carboxylic acids is 2. The summed E-state index contributed by atoms with van der Waals surface area (Å²) in [5, 5.41) is 0.134. The summed E-state index contributed by atoms with van der Waals surface area (Å²) in [5.41, 5.74) is 0.317. The lowest BCUT2D eigenvalue weighted by molar-refractivity contribution is -0.135. The van der Waals surface area contributed by atoms with E-state index in [1.165, 1.54) is 16.4 Å². The first kappa shape index (κ1) is 26.0. The average Bonchev–Trinajstić information content (AvgIpc) is 3.12. The molecule has 0 saturated carbocycles. The molecule has 0 aliphatic carbocycles. The van der Waals surface area contributed by atoms with Crippen LogP contribution in [0.15, 0.2) is 23.1 Å². The van der Waals surface area contributed by atoms with Crippen molar-refractivity contribution in [2.24, 2.45) is 5.92 Å². The summed E-state index contributed by atoms with van der Waals surface area (Å²) in [7, 11) is -1.92. The van der Waals surface area contributed by atoms with Gasteiger partial charge in [0.05, 0.1) is 5.02 Å². The molecule has 0 N–H and O–H groups in total. The number of piperidine rings is 1. The fourth-order valence-electron chi connectivity index (χ4n) is 4.58. The Morgan fingerprint density at radius 1 is 1.06 bits per heavy atom. The van der Waals surface area contributed by atoms with Crippen LogP contribution in [0.3, 0.4) is 0 Å². The zero-order chi connectivity index (χ0) is 24.0. The van der Waals surface area contributed by atoms with Crippen LogP contribution in [-0.4, -0.2) is 74.1 Å². The summed E-state index contributed by atoms with van der Waals surface area (Å²) in [6.45, 7) is 4.77. The number of hydrogen-bond donors (Lipinski definition) is 0. The SMILES string of the molecule is CCCCN(C)C(=O)C1CCN(C(=O)c2ccc(Cl)c(S(=O)(=O)N3CCCCCC3)c2)CC1. The molecule has 0 atom stereocenters. The van der Waals surface area contributed by atoms with Crippen LogP contribution >= 0.6 is 11.6 Å². The van der Waals surface area contributed by atoms with Crippen molar-refractivity contribution >= 4 is 33.4 Å². The monoisotopic (exact) mass is 497 g/mol. The number of hydrogen-bond acceptors (Lipinski definition) is 4. The van der Waals surface area contributed by atoms with E-state index in [0.29, 0.717) is 44.6 Å². The van der Waals surface area contributed by atoms with Crippen LogP contribution in [0, 0.1) is 5.92 Å². The summed E-state index contributed by atoms with van der Waals surface area (Å²) in [6, 6.07) is 4.50. The summed E-state index contributed by atoms with van der Waals surface area (Å²) in [5.74, 6) is -0.141. The zero-order valence-corrected chi connectivity index (χ0v) is 21.3. The van der Waals surface area contributed by atoms with Crippen molar-refractivity contribution < 1.29 is 18.0 Å². The number of benzene rings is 1. The molecule has 7 nitrogen and oxygen atoms in total. The average molecular weight is 498 g/mol. The van der Waals surface area contributed by atoms with Gasteiger partial charge in [-0.3, -0.25) is 9.59 Å². The maximum absolute atomic E-state index is 13.2. The lowest BCUT2D eigenvalue weighted by Gasteiger charge is -2.33. The molecule has 2 saturated heterocycles. The normalized spacial score (nSPS) is 18.7. The van der Waals surface area contributed by atoms with E-state index in [1.54, 1.807) is 15.9 Å². The first-order valence-electron chi connectivity index (χ1n) is 12.1. The molecule has 184 valence electrons. The van der Waals surface area contributed by atoms with Gasteiger partial charge in [-0.25, -0.2) is 8.42 Å². The maximum atomic E-state index is 13.2. The second-order valence-corrected chi connectivity index (χ2v) is 11.5. The number of rotatable bonds is 7. The van der Waals surface area contributed by atoms with Gasteiger partial charge in [0.2, 0.25) is 15.9 Å². The highest BCUT2D eigenvalue weighted by Crippen LogP contribution is 2.29. The minimum atomic E-state index is -3.76. The van der Waals surface area contributed by atoms with Crippen molar-refractivity contribution in [3.63, 3.8) is 0 Å². The lowest BCUT2D eigenvalue weighted by Crippen LogP contribution is -2.43. The Hall–Kier alpha value is -1.64. The highest BCUT2D eigenvalue weighted by molar-refractivity contribution is 7.89. The second kappa shape index (κ2) is 11.7. The van der Waals surface area contributed by atoms with Crippen molar-refractivity contribution in [1.82, 2.24) is 14.1 Å². The van der Waals surface area contributed by atoms with Crippen LogP contribution in [-0.2, 0) is 14.8 Å². The van der Waals surface area contributed by atoms with Crippen LogP contribution in [0.1, 0.15) is 68.6 Å². The number of likely N-dealkylation sites (tertiary alicyclic amines) is 1. The molecule has 1 aromatic carbocycles. The van der Waals surface area contributed by atoms with Crippen molar-refractivity contribution in [3.05, 3.63) is 28.8 Å². The van der Waals surface area contributed by atoms with Gasteiger partial charge in [0.25, 0.3) is 5.91 Å². The quantitative estimate of drug-likeness (QED) is 0.570. The Kier molecular flexibility index (Phi) is 9.18. The topological polar surface area (TPSA) is 78.0 Å². The molecule has 0 bridgehead atoms. The van der Waals surface area contributed by atoms with Gasteiger partial charge in [0, 0.05) is 51.3 Å². The molecule has 0 unspecified atom stereocenters. The molecule has 2 heterocycles. The van der Waals surface area contributed by atoms with E-state index in [-0.39, 0.29) is 27.7 Å². The second-order valence-electron chi connectivity index (χ2n) is 9.14. The molecule has 2 fully saturated rings. The zero-order valence-electron chi connectivity index (χ0n) is 19.8. The Bertz CT molecular complexity index is 937. The van der Waals surface area contributed by atoms with Gasteiger partial charge in [-0.05, 0) is 50.3 Å². The van der Waals surface area contributed by atoms with Gasteiger partial charge in [-0.15, -0.1) is 0 Å². The molecule has 0 spiro atoms. The Labute approximate surface area is 203 Å². The lowest BCUT2D eigenvalue weighted by atomic mass is 9.95. The van der Waals surface area contributed by atoms with Gasteiger partial charge in [-0.1, -0.05) is 37.8 Å². The third-order valence-electron chi connectivity index (χ3n) is 6.72. The van der Waals surface area contributed by atoms with E-state index < -0.39 is 10.0 Å². The van der Waals surface area contributed by atoms with Crippen molar-refractivity contribution in [2.75, 3.05) is 39.8 Å². The van der Waals surface area contributed by atoms with Crippen molar-refractivity contribution in [2.45, 2.75) is 63.2 Å². The predicted octanol–water partition coefficient (Wildman–Crippen LogP) is 4.02. The first-order valence-corrected chi connectivity index (χ1v) is 13.9. The molecule has 2 amide bonds. The molecule has 33 heavy (non-hydrogen) atoms. The van der Waals surface area contributed by atoms with E-state index in [0.717, 1.165) is 45.1 Å². The fourth-order valence-corrected chi connectivity index (χ4v) is 6.60. The van der Waals surface area contributed by atoms with E-state index in [1.807, 2.05) is 7.05 Å². The number of halogens is 1. The van der Waals surface area contributed by atoms with Gasteiger partial charge >= 0.3 is 0 Å². The first-order chi connectivity index (χ1) is 15.8. The number of amides is 2. The molecule has 3 rings (SSSR count). The summed E-state index contributed by atoms with van der Waals surface area (Å²) in [6.07, 6.45) is 6.96. The molecule has 2 aliphatic heterocycles. The number of unbranched alkanes of at least 4 members (excludes halogenated alkanes) is 1. The highest BCUT2D eigenvalue weighted by Gasteiger charge is 2.31. The molecule has 0 radical (unpaired) electrons. The van der Waals surface area contributed by atoms with E-state index >= 15 is 0 Å². The molecule has 9 heteroatoms. The van der Waals surface area contributed by atoms with Crippen LogP contribution in [0.4, 0.5) is 0 Å². The maximum Gasteiger partial charge on any atom is 0.253 e. The van der Waals surface area contributed by atoms with Gasteiger partial charge in [0.15, 0.2) is 0 Å². The molecular weight excluding hydrogens is 462 g/mol. The Balaban J connectivity index is 1.68. The van der Waals surface area contributed by atoms with Crippen LogP contribution in [0.2, 0.25) is 5.02 Å². The summed E-state index contributed by atoms with van der Waals surface area (Å²) in [4.78, 5) is 29.3. The smallest absolute Gasteiger partial charge is 0.253 e. The van der Waals surface area contributed by atoms with Gasteiger partial charge < -0.3 is 9.80 Å². The third kappa shape index (κ3) is 6.28. The summed E-state index contributed by atoms with van der Waals surface area (Å²) < 4.78 is 28.0. The van der Waals surface area contributed by atoms with Crippen LogP contribution in [0.25, 0.3) is 0 Å². The Morgan fingerprint density at radius 2 is 1.70 bits per heavy atom. The molecule has 2 aliphatic rings. The minimum Gasteiger partial charge on any atom is -0.346 e. The van der Waals surface area contributed by atoms with Crippen LogP contribution in [0.5, 0.6) is 0 Å². The van der Waals surface area contributed by atoms with Crippen molar-refractivity contribution in [1.29, 1.82) is 0 Å². The largest absolute Gasteiger partial charge is 0.346 e. The molecule has 1 aromatic rings. The third-order valence-corrected chi connectivity index (χ3v) is 9.10. The van der Waals surface area contributed by atoms with E-state index in [4.69, 9.17) is 11.6 Å². The van der Waals surface area contributed by atoms with Crippen LogP contribution < -0.4 is 0 Å². The number of sulfonamides is 1. The van der Waals surface area contributed by atoms with E-state index in [2.05, 4.69) is 6.92 Å². The number of nitrogens with zero attached hydrogens (tertiary/aromatic N) is 3. The highest BCUT2D eigenvalue weighted by atomic mass is 35.5. The standard InChI is InChI=1S/C24H36ClN3O4S/c1-3-4-13-26(2)23(29)19-11-16-27(17-12-19)24(30)20-9-10-21(25)22(18-20)33(31,32)28-14-7-5-6-8-15-28/h9-10,18-19H,3-8,11-17H2,1-2H3. The predicted molar refractivity (Wildman–Crippen MR) is 130 cm³/mol. The fraction of sp³-hybridized carbons (Fsp3) is 0.667. The minimum absolute atomic E-state index is 0.000436. The molecular formula is C24H36ClN3O4S.